The second kappa shape index (κ2) is 5.76. The summed E-state index contributed by atoms with van der Waals surface area (Å²) in [6.45, 7) is 4.32. The number of aliphatic imine (C=N–C) groups is 1. The number of hydrogen-bond donors (Lipinski definition) is 0. The van der Waals surface area contributed by atoms with E-state index in [0.717, 1.165) is 13.1 Å². The van der Waals surface area contributed by atoms with Crippen LogP contribution in [0.4, 0.5) is 0 Å². The fourth-order valence-corrected chi connectivity index (χ4v) is 0.694. The van der Waals surface area contributed by atoms with Crippen LogP contribution in [0.2, 0.25) is 0 Å². The van der Waals surface area contributed by atoms with Crippen molar-refractivity contribution in [2.45, 2.75) is 13.3 Å². The Morgan fingerprint density at radius 3 is 2.67 bits per heavy atom. The van der Waals surface area contributed by atoms with Crippen LogP contribution in [0.5, 0.6) is 0 Å². The predicted octanol–water partition coefficient (Wildman–Crippen LogP) is 1.03. The van der Waals surface area contributed by atoms with Crippen molar-refractivity contribution < 1.29 is 0 Å². The van der Waals surface area contributed by atoms with E-state index in [9.17, 15) is 0 Å². The summed E-state index contributed by atoms with van der Waals surface area (Å²) in [5.41, 5.74) is 0. The van der Waals surface area contributed by atoms with Crippen LogP contribution >= 0.6 is 0 Å². The van der Waals surface area contributed by atoms with Gasteiger partial charge in [-0.3, -0.25) is 4.99 Å². The molecule has 0 rings (SSSR count). The zero-order valence-electron chi connectivity index (χ0n) is 6.59. The molecule has 0 fully saturated rings. The molecule has 0 saturated heterocycles. The van der Waals surface area contributed by atoms with E-state index in [2.05, 4.69) is 23.9 Å². The van der Waals surface area contributed by atoms with E-state index in [1.807, 2.05) is 6.21 Å². The van der Waals surface area contributed by atoms with Gasteiger partial charge < -0.3 is 4.90 Å². The van der Waals surface area contributed by atoms with Crippen molar-refractivity contribution in [2.24, 2.45) is 4.99 Å². The minimum atomic E-state index is 0.977. The van der Waals surface area contributed by atoms with Gasteiger partial charge in [-0.15, -0.1) is 0 Å². The summed E-state index contributed by atoms with van der Waals surface area (Å²) >= 11 is 0. The number of nitrogens with zero attached hydrogens (tertiary/aromatic N) is 2. The molecule has 0 aliphatic heterocycles. The molecule has 0 N–H and O–H groups in total. The van der Waals surface area contributed by atoms with Crippen LogP contribution in [0.1, 0.15) is 13.3 Å². The van der Waals surface area contributed by atoms with E-state index >= 15 is 0 Å². The van der Waals surface area contributed by atoms with Crippen LogP contribution in [0, 0.1) is 0 Å². The first kappa shape index (κ1) is 8.63. The van der Waals surface area contributed by atoms with Crippen LogP contribution in [-0.4, -0.2) is 38.3 Å². The Kier molecular flexibility index (Phi) is 5.52. The summed E-state index contributed by atoms with van der Waals surface area (Å²) in [4.78, 5) is 6.13. The lowest BCUT2D eigenvalue weighted by molar-refractivity contribution is 0.384. The highest BCUT2D eigenvalue weighted by molar-refractivity contribution is 5.59. The third-order valence-electron chi connectivity index (χ3n) is 1.18. The molecule has 0 bridgehead atoms. The first-order chi connectivity index (χ1) is 4.31. The lowest BCUT2D eigenvalue weighted by atomic mass is 10.4. The lowest BCUT2D eigenvalue weighted by Crippen LogP contribution is -2.20. The summed E-state index contributed by atoms with van der Waals surface area (Å²) in [6, 6.07) is 0. The van der Waals surface area contributed by atoms with Crippen LogP contribution in [0.3, 0.4) is 0 Å². The minimum Gasteiger partial charge on any atom is -0.301 e. The van der Waals surface area contributed by atoms with E-state index in [-0.39, 0.29) is 0 Å². The molecule has 54 valence electrons. The second-order valence-corrected chi connectivity index (χ2v) is 2.20. The summed E-state index contributed by atoms with van der Waals surface area (Å²) in [7, 11) is 3.91. The topological polar surface area (TPSA) is 15.6 Å². The van der Waals surface area contributed by atoms with E-state index in [1.54, 1.807) is 7.05 Å². The highest BCUT2D eigenvalue weighted by Gasteiger charge is 1.89. The van der Waals surface area contributed by atoms with Crippen LogP contribution in [0.25, 0.3) is 0 Å². The Labute approximate surface area is 57.6 Å². The van der Waals surface area contributed by atoms with Crippen molar-refractivity contribution in [1.29, 1.82) is 0 Å². The first-order valence-corrected chi connectivity index (χ1v) is 3.40. The Morgan fingerprint density at radius 2 is 2.22 bits per heavy atom. The van der Waals surface area contributed by atoms with E-state index in [0.29, 0.717) is 0 Å². The van der Waals surface area contributed by atoms with E-state index in [1.165, 1.54) is 6.42 Å². The van der Waals surface area contributed by atoms with Crippen molar-refractivity contribution in [3.63, 3.8) is 0 Å². The smallest absolute Gasteiger partial charge is 0.0329 e. The highest BCUT2D eigenvalue weighted by atomic mass is 15.1. The van der Waals surface area contributed by atoms with Gasteiger partial charge in [-0.25, -0.2) is 0 Å². The van der Waals surface area contributed by atoms with Gasteiger partial charge in [-0.1, -0.05) is 6.92 Å². The quantitative estimate of drug-likeness (QED) is 0.516. The zero-order valence-corrected chi connectivity index (χ0v) is 6.59. The molecule has 0 aliphatic rings. The van der Waals surface area contributed by atoms with Crippen molar-refractivity contribution in [2.75, 3.05) is 27.2 Å². The molecule has 0 atom stereocenters. The molecule has 2 nitrogen and oxygen atoms in total. The average Bonchev–Trinajstić information content (AvgIpc) is 1.85. The fourth-order valence-electron chi connectivity index (χ4n) is 0.694. The maximum atomic E-state index is 3.89. The molecule has 0 aromatic carbocycles. The summed E-state index contributed by atoms with van der Waals surface area (Å²) < 4.78 is 0. The molecule has 0 aromatic rings. The highest BCUT2D eigenvalue weighted by Crippen LogP contribution is 1.82. The molecule has 0 spiro atoms. The molecule has 2 heteroatoms. The molecule has 0 aromatic heterocycles. The fraction of sp³-hybridized carbons (Fsp3) is 0.857. The van der Waals surface area contributed by atoms with Crippen molar-refractivity contribution in [3.05, 3.63) is 0 Å². The van der Waals surface area contributed by atoms with Crippen LogP contribution in [0.15, 0.2) is 4.99 Å². The van der Waals surface area contributed by atoms with Gasteiger partial charge >= 0.3 is 0 Å². The third-order valence-corrected chi connectivity index (χ3v) is 1.18. The monoisotopic (exact) mass is 128 g/mol. The van der Waals surface area contributed by atoms with Gasteiger partial charge in [0.25, 0.3) is 0 Å². The zero-order chi connectivity index (χ0) is 7.11. The number of hydrogen-bond acceptors (Lipinski definition) is 2. The molecular formula is C7H16N2. The Bertz CT molecular complexity index is 79.0. The SMILES string of the molecule is CCCN(C)CC=NC. The molecule has 0 radical (unpaired) electrons. The summed E-state index contributed by atoms with van der Waals surface area (Å²) in [5.74, 6) is 0. The van der Waals surface area contributed by atoms with Gasteiger partial charge in [0.15, 0.2) is 0 Å². The molecule has 0 aliphatic carbocycles. The lowest BCUT2D eigenvalue weighted by Gasteiger charge is -2.10. The Hall–Kier alpha value is -0.370. The maximum absolute atomic E-state index is 3.89. The van der Waals surface area contributed by atoms with Crippen molar-refractivity contribution in [1.82, 2.24) is 4.90 Å². The van der Waals surface area contributed by atoms with Crippen molar-refractivity contribution in [3.8, 4) is 0 Å². The molecule has 9 heavy (non-hydrogen) atoms. The molecule has 0 heterocycles. The predicted molar refractivity (Wildman–Crippen MR) is 42.2 cm³/mol. The Balaban J connectivity index is 3.15. The standard InChI is InChI=1S/C7H16N2/c1-4-6-9(3)7-5-8-2/h5H,4,6-7H2,1-3H3. The van der Waals surface area contributed by atoms with E-state index < -0.39 is 0 Å². The second-order valence-electron chi connectivity index (χ2n) is 2.20. The average molecular weight is 128 g/mol. The third kappa shape index (κ3) is 5.50. The first-order valence-electron chi connectivity index (χ1n) is 3.40. The van der Waals surface area contributed by atoms with Gasteiger partial charge in [0.2, 0.25) is 0 Å². The van der Waals surface area contributed by atoms with Gasteiger partial charge in [-0.2, -0.15) is 0 Å². The van der Waals surface area contributed by atoms with Gasteiger partial charge in [-0.05, 0) is 20.0 Å². The largest absolute Gasteiger partial charge is 0.301 e. The maximum Gasteiger partial charge on any atom is 0.0329 e. The summed E-state index contributed by atoms with van der Waals surface area (Å²) in [5, 5.41) is 0. The van der Waals surface area contributed by atoms with Crippen molar-refractivity contribution >= 4 is 6.21 Å². The molecule has 0 amide bonds. The Morgan fingerprint density at radius 1 is 1.56 bits per heavy atom. The molecular weight excluding hydrogens is 112 g/mol. The van der Waals surface area contributed by atoms with Crippen LogP contribution in [-0.2, 0) is 0 Å². The van der Waals surface area contributed by atoms with Gasteiger partial charge in [0, 0.05) is 19.8 Å². The van der Waals surface area contributed by atoms with Crippen LogP contribution < -0.4 is 0 Å². The van der Waals surface area contributed by atoms with E-state index in [4.69, 9.17) is 0 Å². The molecule has 0 unspecified atom stereocenters. The summed E-state index contributed by atoms with van der Waals surface area (Å²) in [6.07, 6.45) is 3.14. The molecule has 0 saturated carbocycles. The normalized spacial score (nSPS) is 11.6. The minimum absolute atomic E-state index is 0.977. The van der Waals surface area contributed by atoms with Gasteiger partial charge in [0.1, 0.15) is 0 Å². The number of rotatable bonds is 4. The van der Waals surface area contributed by atoms with Gasteiger partial charge in [0.05, 0.1) is 0 Å².